The van der Waals surface area contributed by atoms with Gasteiger partial charge in [0.05, 0.1) is 13.3 Å². The number of aryl methyl sites for hydroxylation is 1. The van der Waals surface area contributed by atoms with Crippen molar-refractivity contribution >= 4 is 17.6 Å². The second-order valence-electron chi connectivity index (χ2n) is 4.33. The van der Waals surface area contributed by atoms with Crippen LogP contribution in [0.2, 0.25) is 0 Å². The Kier molecular flexibility index (Phi) is 4.94. The van der Waals surface area contributed by atoms with Crippen LogP contribution in [-0.4, -0.2) is 23.0 Å². The van der Waals surface area contributed by atoms with Crippen LogP contribution in [0.1, 0.15) is 11.3 Å². The Labute approximate surface area is 127 Å². The van der Waals surface area contributed by atoms with Gasteiger partial charge in [-0.05, 0) is 30.7 Å². The van der Waals surface area contributed by atoms with Crippen molar-refractivity contribution in [3.63, 3.8) is 0 Å². The largest absolute Gasteiger partial charge is 0.504 e. The molecule has 0 bridgehead atoms. The van der Waals surface area contributed by atoms with Crippen LogP contribution < -0.4 is 9.54 Å². The first-order valence-electron chi connectivity index (χ1n) is 6.35. The molecule has 5 nitrogen and oxygen atoms in total. The summed E-state index contributed by atoms with van der Waals surface area (Å²) < 4.78 is 7.02. The number of aromatic hydroxyl groups is 1. The number of hydrogen-bond acceptors (Lipinski definition) is 5. The fourth-order valence-corrected chi connectivity index (χ4v) is 2.62. The average Bonchev–Trinajstić information content (AvgIpc) is 2.81. The maximum absolute atomic E-state index is 9.69. The van der Waals surface area contributed by atoms with Crippen molar-refractivity contribution in [3.8, 4) is 11.5 Å². The molecule has 0 amide bonds. The summed E-state index contributed by atoms with van der Waals surface area (Å²) in [6.07, 6.45) is 3.41. The Bertz CT molecular complexity index is 729. The van der Waals surface area contributed by atoms with Crippen molar-refractivity contribution in [2.45, 2.75) is 13.5 Å². The van der Waals surface area contributed by atoms with E-state index in [0.29, 0.717) is 12.3 Å². The first-order valence-corrected chi connectivity index (χ1v) is 7.23. The summed E-state index contributed by atoms with van der Waals surface area (Å²) in [7, 11) is 1.51. The van der Waals surface area contributed by atoms with Crippen LogP contribution in [0.15, 0.2) is 46.4 Å². The minimum atomic E-state index is 0.0788. The zero-order chi connectivity index (χ0) is 15.2. The van der Waals surface area contributed by atoms with E-state index in [9.17, 15) is 5.11 Å². The number of phenolic OH excluding ortho intramolecular Hbond substituents is 1. The van der Waals surface area contributed by atoms with E-state index in [0.717, 1.165) is 16.1 Å². The zero-order valence-corrected chi connectivity index (χ0v) is 12.8. The molecular weight excluding hydrogens is 286 g/mol. The van der Waals surface area contributed by atoms with E-state index in [-0.39, 0.29) is 5.75 Å². The highest BCUT2D eigenvalue weighted by Crippen LogP contribution is 2.25. The molecule has 0 spiro atoms. The summed E-state index contributed by atoms with van der Waals surface area (Å²) in [4.78, 5) is 0.807. The Morgan fingerprint density at radius 3 is 2.95 bits per heavy atom. The number of nitrogens with zero attached hydrogens (tertiary/aromatic N) is 3. The summed E-state index contributed by atoms with van der Waals surface area (Å²) in [5.74, 6) is 0.511. The van der Waals surface area contributed by atoms with Gasteiger partial charge in [0.25, 0.3) is 0 Å². The van der Waals surface area contributed by atoms with Gasteiger partial charge in [0, 0.05) is 17.6 Å². The second-order valence-corrected chi connectivity index (χ2v) is 5.17. The number of hydrogen-bond donors (Lipinski definition) is 1. The van der Waals surface area contributed by atoms with E-state index in [1.807, 2.05) is 22.9 Å². The highest BCUT2D eigenvalue weighted by molar-refractivity contribution is 7.07. The normalized spacial score (nSPS) is 12.0. The van der Waals surface area contributed by atoms with Crippen molar-refractivity contribution in [1.82, 2.24) is 4.57 Å². The van der Waals surface area contributed by atoms with Crippen molar-refractivity contribution in [2.24, 2.45) is 10.2 Å². The van der Waals surface area contributed by atoms with Gasteiger partial charge in [-0.1, -0.05) is 6.08 Å². The van der Waals surface area contributed by atoms with Crippen LogP contribution in [-0.2, 0) is 6.54 Å². The fraction of sp³-hybridized carbons (Fsp3) is 0.200. The third-order valence-corrected chi connectivity index (χ3v) is 3.83. The maximum Gasteiger partial charge on any atom is 0.211 e. The summed E-state index contributed by atoms with van der Waals surface area (Å²) in [6.45, 7) is 6.46. The molecule has 1 N–H and O–H groups in total. The van der Waals surface area contributed by atoms with Gasteiger partial charge in [-0.25, -0.2) is 0 Å². The number of phenols is 1. The molecule has 0 unspecified atom stereocenters. The predicted molar refractivity (Wildman–Crippen MR) is 85.1 cm³/mol. The molecule has 110 valence electrons. The third kappa shape index (κ3) is 3.61. The predicted octanol–water partition coefficient (Wildman–Crippen LogP) is 2.69. The molecule has 6 heteroatoms. The fourth-order valence-electron chi connectivity index (χ4n) is 1.78. The molecule has 0 saturated heterocycles. The molecule has 0 radical (unpaired) electrons. The van der Waals surface area contributed by atoms with E-state index in [2.05, 4.69) is 16.8 Å². The monoisotopic (exact) mass is 303 g/mol. The van der Waals surface area contributed by atoms with Gasteiger partial charge >= 0.3 is 0 Å². The van der Waals surface area contributed by atoms with E-state index < -0.39 is 0 Å². The number of benzene rings is 1. The van der Waals surface area contributed by atoms with Crippen molar-refractivity contribution in [1.29, 1.82) is 0 Å². The van der Waals surface area contributed by atoms with Gasteiger partial charge in [-0.2, -0.15) is 5.10 Å². The van der Waals surface area contributed by atoms with Crippen molar-refractivity contribution in [2.75, 3.05) is 7.11 Å². The van der Waals surface area contributed by atoms with Gasteiger partial charge in [0.1, 0.15) is 0 Å². The molecule has 0 aliphatic heterocycles. The zero-order valence-electron chi connectivity index (χ0n) is 12.0. The Hall–Kier alpha value is -2.34. The van der Waals surface area contributed by atoms with Gasteiger partial charge in [0.15, 0.2) is 11.5 Å². The van der Waals surface area contributed by atoms with Gasteiger partial charge in [0.2, 0.25) is 4.80 Å². The lowest BCUT2D eigenvalue weighted by atomic mass is 10.2. The quantitative estimate of drug-likeness (QED) is 0.524. The summed E-state index contributed by atoms with van der Waals surface area (Å²) in [5.41, 5.74) is 1.87. The summed E-state index contributed by atoms with van der Waals surface area (Å²) in [5, 5.41) is 20.0. The van der Waals surface area contributed by atoms with Crippen molar-refractivity contribution < 1.29 is 9.84 Å². The number of methoxy groups -OCH3 is 1. The summed E-state index contributed by atoms with van der Waals surface area (Å²) >= 11 is 1.53. The van der Waals surface area contributed by atoms with Gasteiger partial charge < -0.3 is 14.4 Å². The molecule has 0 fully saturated rings. The Morgan fingerprint density at radius 1 is 1.48 bits per heavy atom. The second kappa shape index (κ2) is 6.90. The molecule has 0 aliphatic carbocycles. The number of rotatable bonds is 5. The minimum absolute atomic E-state index is 0.0788. The smallest absolute Gasteiger partial charge is 0.211 e. The lowest BCUT2D eigenvalue weighted by molar-refractivity contribution is 0.373. The number of allylic oxidation sites excluding steroid dienone is 1. The number of thiazole rings is 1. The van der Waals surface area contributed by atoms with Crippen LogP contribution in [0.5, 0.6) is 11.5 Å². The minimum Gasteiger partial charge on any atom is -0.504 e. The van der Waals surface area contributed by atoms with Gasteiger partial charge in [-0.15, -0.1) is 23.0 Å². The molecule has 1 aromatic carbocycles. The van der Waals surface area contributed by atoms with Gasteiger partial charge in [-0.3, -0.25) is 0 Å². The first kappa shape index (κ1) is 15.1. The molecule has 2 rings (SSSR count). The lowest BCUT2D eigenvalue weighted by Gasteiger charge is -2.02. The number of aromatic nitrogens is 1. The Balaban J connectivity index is 2.24. The SMILES string of the molecule is C=CCn1c(C)csc1=NN=Cc1ccc(OC)c(O)c1. The van der Waals surface area contributed by atoms with Crippen molar-refractivity contribution in [3.05, 3.63) is 52.3 Å². The first-order chi connectivity index (χ1) is 10.2. The average molecular weight is 303 g/mol. The molecular formula is C15H17N3O2S. The van der Waals surface area contributed by atoms with E-state index in [1.165, 1.54) is 18.4 Å². The van der Waals surface area contributed by atoms with Crippen LogP contribution in [0, 0.1) is 6.92 Å². The van der Waals surface area contributed by atoms with Crippen LogP contribution in [0.25, 0.3) is 0 Å². The molecule has 1 heterocycles. The van der Waals surface area contributed by atoms with E-state index in [1.54, 1.807) is 24.4 Å². The lowest BCUT2D eigenvalue weighted by Crippen LogP contribution is -2.14. The van der Waals surface area contributed by atoms with E-state index in [4.69, 9.17) is 4.74 Å². The highest BCUT2D eigenvalue weighted by Gasteiger charge is 2.01. The molecule has 0 atom stereocenters. The molecule has 1 aromatic heterocycles. The molecule has 0 saturated carbocycles. The molecule has 21 heavy (non-hydrogen) atoms. The third-order valence-electron chi connectivity index (χ3n) is 2.86. The topological polar surface area (TPSA) is 59.1 Å². The van der Waals surface area contributed by atoms with Crippen LogP contribution >= 0.6 is 11.3 Å². The van der Waals surface area contributed by atoms with Crippen LogP contribution in [0.4, 0.5) is 0 Å². The standard InChI is InChI=1S/C15H17N3O2S/c1-4-7-18-11(2)10-21-15(18)17-16-9-12-5-6-14(20-3)13(19)8-12/h4-6,8-10,19H,1,7H2,2-3H3. The molecule has 0 aliphatic rings. The van der Waals surface area contributed by atoms with Crippen LogP contribution in [0.3, 0.4) is 0 Å². The van der Waals surface area contributed by atoms with E-state index >= 15 is 0 Å². The highest BCUT2D eigenvalue weighted by atomic mass is 32.1. The summed E-state index contributed by atoms with van der Waals surface area (Å²) in [6, 6.07) is 5.06. The Morgan fingerprint density at radius 2 is 2.29 bits per heavy atom. The number of ether oxygens (including phenoxy) is 1. The molecule has 2 aromatic rings. The maximum atomic E-state index is 9.69.